The highest BCUT2D eigenvalue weighted by atomic mass is 79.9. The Labute approximate surface area is 107 Å². The number of hydrogen-bond acceptors (Lipinski definition) is 0. The maximum Gasteiger partial charge on any atom is 0.124 e. The van der Waals surface area contributed by atoms with Gasteiger partial charge in [-0.2, -0.15) is 0 Å². The Morgan fingerprint density at radius 1 is 0.643 bits per heavy atom. The van der Waals surface area contributed by atoms with E-state index in [0.29, 0.717) is 0 Å². The molecule has 0 aromatic carbocycles. The van der Waals surface area contributed by atoms with Gasteiger partial charge in [-0.05, 0) is 12.1 Å². The summed E-state index contributed by atoms with van der Waals surface area (Å²) in [6.45, 7) is 7.68. The molecule has 0 aromatic rings. The fraction of sp³-hybridized carbons (Fsp3) is 1.00. The molecule has 0 heterocycles. The van der Waals surface area contributed by atoms with Crippen molar-refractivity contribution in [2.75, 3.05) is 0 Å². The van der Waals surface area contributed by atoms with Crippen LogP contribution in [0.5, 0.6) is 0 Å². The summed E-state index contributed by atoms with van der Waals surface area (Å²) in [6.07, 6.45) is 5.71. The average Bonchev–Trinajstić information content (AvgIpc) is 1.92. The standard InChI is InChI=1S/C10H24Br2Si2/c1-13(2,11)9-7-5-6-8-10-14(3,4)12/h5-10H2,1-4H3. The number of hydrogen-bond donors (Lipinski definition) is 0. The normalized spacial score (nSPS) is 13.3. The first kappa shape index (κ1) is 15.4. The van der Waals surface area contributed by atoms with E-state index in [9.17, 15) is 0 Å². The van der Waals surface area contributed by atoms with Crippen LogP contribution in [0.25, 0.3) is 0 Å². The molecule has 86 valence electrons. The second kappa shape index (κ2) is 6.87. The smallest absolute Gasteiger partial charge is 0.124 e. The minimum absolute atomic E-state index is 0.942. The van der Waals surface area contributed by atoms with Crippen LogP contribution in [-0.2, 0) is 0 Å². The van der Waals surface area contributed by atoms with Gasteiger partial charge in [0.1, 0.15) is 13.4 Å². The summed E-state index contributed by atoms with van der Waals surface area (Å²) in [5, 5.41) is 0. The van der Waals surface area contributed by atoms with Crippen molar-refractivity contribution >= 4 is 44.0 Å². The molecular formula is C10H24Br2Si2. The molecule has 0 spiro atoms. The van der Waals surface area contributed by atoms with Gasteiger partial charge in [0.25, 0.3) is 0 Å². The van der Waals surface area contributed by atoms with Gasteiger partial charge in [0.15, 0.2) is 0 Å². The Hall–Kier alpha value is 1.39. The fourth-order valence-electron chi connectivity index (χ4n) is 1.44. The van der Waals surface area contributed by atoms with Crippen LogP contribution in [0.15, 0.2) is 0 Å². The van der Waals surface area contributed by atoms with Crippen LogP contribution < -0.4 is 0 Å². The monoisotopic (exact) mass is 358 g/mol. The lowest BCUT2D eigenvalue weighted by atomic mass is 10.2. The summed E-state index contributed by atoms with van der Waals surface area (Å²) in [5.41, 5.74) is 0. The van der Waals surface area contributed by atoms with Crippen LogP contribution in [0, 0.1) is 0 Å². The van der Waals surface area contributed by atoms with Gasteiger partial charge in [0.05, 0.1) is 0 Å². The van der Waals surface area contributed by atoms with Gasteiger partial charge in [-0.1, -0.05) is 51.9 Å². The minimum atomic E-state index is -0.942. The first-order chi connectivity index (χ1) is 6.21. The summed E-state index contributed by atoms with van der Waals surface area (Å²) < 4.78 is 0. The molecular weight excluding hydrogens is 336 g/mol. The van der Waals surface area contributed by atoms with Crippen LogP contribution in [-0.4, -0.2) is 13.4 Å². The zero-order valence-corrected chi connectivity index (χ0v) is 15.2. The third-order valence-electron chi connectivity index (χ3n) is 2.29. The Kier molecular flexibility index (Phi) is 7.55. The molecule has 0 amide bonds. The van der Waals surface area contributed by atoms with E-state index in [1.54, 1.807) is 0 Å². The summed E-state index contributed by atoms with van der Waals surface area (Å²) in [7, 11) is 0. The van der Waals surface area contributed by atoms with Crippen molar-refractivity contribution in [3.8, 4) is 0 Å². The molecule has 0 saturated heterocycles. The molecule has 0 atom stereocenters. The van der Waals surface area contributed by atoms with Crippen molar-refractivity contribution < 1.29 is 0 Å². The van der Waals surface area contributed by atoms with Gasteiger partial charge in [-0.25, -0.2) is 0 Å². The van der Waals surface area contributed by atoms with E-state index in [2.05, 4.69) is 56.8 Å². The van der Waals surface area contributed by atoms with Crippen molar-refractivity contribution in [1.29, 1.82) is 0 Å². The molecule has 0 radical (unpaired) electrons. The van der Waals surface area contributed by atoms with Crippen LogP contribution in [0.1, 0.15) is 25.7 Å². The average molecular weight is 360 g/mol. The summed E-state index contributed by atoms with van der Waals surface area (Å²) in [4.78, 5) is 0. The Balaban J connectivity index is 3.23. The van der Waals surface area contributed by atoms with Gasteiger partial charge < -0.3 is 0 Å². The highest BCUT2D eigenvalue weighted by Crippen LogP contribution is 2.23. The van der Waals surface area contributed by atoms with Crippen LogP contribution in [0.3, 0.4) is 0 Å². The number of halogens is 2. The molecule has 0 aliphatic heterocycles. The predicted molar refractivity (Wildman–Crippen MR) is 80.9 cm³/mol. The molecule has 0 fully saturated rings. The van der Waals surface area contributed by atoms with Gasteiger partial charge in [0, 0.05) is 0 Å². The molecule has 0 aliphatic rings. The molecule has 0 aliphatic carbocycles. The Morgan fingerprint density at radius 3 is 1.14 bits per heavy atom. The van der Waals surface area contributed by atoms with Crippen molar-refractivity contribution in [1.82, 2.24) is 0 Å². The quantitative estimate of drug-likeness (QED) is 0.308. The van der Waals surface area contributed by atoms with E-state index in [4.69, 9.17) is 0 Å². The van der Waals surface area contributed by atoms with Crippen LogP contribution in [0.2, 0.25) is 38.3 Å². The van der Waals surface area contributed by atoms with Crippen molar-refractivity contribution in [2.24, 2.45) is 0 Å². The molecule has 0 N–H and O–H groups in total. The lowest BCUT2D eigenvalue weighted by Crippen LogP contribution is -2.15. The minimum Gasteiger partial charge on any atom is -0.127 e. The Morgan fingerprint density at radius 2 is 0.929 bits per heavy atom. The van der Waals surface area contributed by atoms with E-state index in [-0.39, 0.29) is 0 Å². The molecule has 0 rings (SSSR count). The lowest BCUT2D eigenvalue weighted by molar-refractivity contribution is 0.695. The third-order valence-corrected chi connectivity index (χ3v) is 7.76. The van der Waals surface area contributed by atoms with E-state index >= 15 is 0 Å². The molecule has 0 nitrogen and oxygen atoms in total. The number of unbranched alkanes of at least 4 members (excludes halogenated alkanes) is 3. The molecule has 0 bridgehead atoms. The molecule has 0 aromatic heterocycles. The molecule has 0 unspecified atom stereocenters. The van der Waals surface area contributed by atoms with Gasteiger partial charge in [-0.15, -0.1) is 30.6 Å². The summed E-state index contributed by atoms with van der Waals surface area (Å²) in [5.74, 6) is 0. The van der Waals surface area contributed by atoms with Gasteiger partial charge in [-0.3, -0.25) is 0 Å². The Bertz CT molecular complexity index is 129. The van der Waals surface area contributed by atoms with Crippen molar-refractivity contribution in [3.63, 3.8) is 0 Å². The van der Waals surface area contributed by atoms with E-state index in [0.717, 1.165) is 0 Å². The van der Waals surface area contributed by atoms with Crippen LogP contribution in [0.4, 0.5) is 0 Å². The SMILES string of the molecule is C[Si](C)(Br)CCCCCC[Si](C)(C)Br. The topological polar surface area (TPSA) is 0 Å². The van der Waals surface area contributed by atoms with Crippen molar-refractivity contribution in [3.05, 3.63) is 0 Å². The van der Waals surface area contributed by atoms with E-state index in [1.807, 2.05) is 0 Å². The third kappa shape index (κ3) is 13.4. The number of rotatable bonds is 7. The predicted octanol–water partition coefficient (Wildman–Crippen LogP) is 5.75. The van der Waals surface area contributed by atoms with Gasteiger partial charge in [0.2, 0.25) is 0 Å². The fourth-order valence-corrected chi connectivity index (χ4v) is 5.31. The first-order valence-electron chi connectivity index (χ1n) is 5.59. The van der Waals surface area contributed by atoms with Gasteiger partial charge >= 0.3 is 0 Å². The van der Waals surface area contributed by atoms with E-state index in [1.165, 1.54) is 37.8 Å². The second-order valence-corrected chi connectivity index (χ2v) is 26.1. The summed E-state index contributed by atoms with van der Waals surface area (Å²) in [6, 6.07) is 2.87. The maximum atomic E-state index is 3.82. The van der Waals surface area contributed by atoms with Crippen molar-refractivity contribution in [2.45, 2.75) is 64.0 Å². The van der Waals surface area contributed by atoms with Crippen LogP contribution >= 0.6 is 30.6 Å². The molecule has 0 saturated carbocycles. The second-order valence-electron chi connectivity index (χ2n) is 5.35. The lowest BCUT2D eigenvalue weighted by Gasteiger charge is -2.14. The highest BCUT2D eigenvalue weighted by molar-refractivity contribution is 9.26. The maximum absolute atomic E-state index is 3.82. The zero-order chi connectivity index (χ0) is 11.2. The molecule has 14 heavy (non-hydrogen) atoms. The zero-order valence-electron chi connectivity index (χ0n) is 10.00. The summed E-state index contributed by atoms with van der Waals surface area (Å²) >= 11 is 7.64. The molecule has 4 heteroatoms. The largest absolute Gasteiger partial charge is 0.127 e. The van der Waals surface area contributed by atoms with E-state index < -0.39 is 13.4 Å². The highest BCUT2D eigenvalue weighted by Gasteiger charge is 2.16. The first-order valence-corrected chi connectivity index (χ1v) is 16.5.